The lowest BCUT2D eigenvalue weighted by atomic mass is 9.63. The molecule has 0 unspecified atom stereocenters. The zero-order valence-electron chi connectivity index (χ0n) is 12.5. The minimum atomic E-state index is -0.657. The van der Waals surface area contributed by atoms with Gasteiger partial charge in [-0.05, 0) is 38.0 Å². The fourth-order valence-corrected chi connectivity index (χ4v) is 4.18. The zero-order chi connectivity index (χ0) is 15.1. The smallest absolute Gasteiger partial charge is 0.243 e. The summed E-state index contributed by atoms with van der Waals surface area (Å²) in [4.78, 5) is 38.9. The van der Waals surface area contributed by atoms with E-state index in [9.17, 15) is 14.4 Å². The van der Waals surface area contributed by atoms with Crippen LogP contribution < -0.4 is 5.32 Å². The molecule has 114 valence electrons. The van der Waals surface area contributed by atoms with Gasteiger partial charge in [0.2, 0.25) is 17.7 Å². The summed E-state index contributed by atoms with van der Waals surface area (Å²) >= 11 is 0. The molecule has 4 rings (SSSR count). The van der Waals surface area contributed by atoms with E-state index >= 15 is 0 Å². The predicted molar refractivity (Wildman–Crippen MR) is 76.9 cm³/mol. The number of amides is 3. The Kier molecular flexibility index (Phi) is 3.59. The van der Waals surface area contributed by atoms with Crippen molar-refractivity contribution in [1.82, 2.24) is 10.2 Å². The van der Waals surface area contributed by atoms with E-state index in [4.69, 9.17) is 0 Å². The first-order valence-electron chi connectivity index (χ1n) is 7.93. The maximum Gasteiger partial charge on any atom is 0.243 e. The number of hydrogen-bond donors (Lipinski definition) is 1. The van der Waals surface area contributed by atoms with Crippen LogP contribution in [0.25, 0.3) is 0 Å². The van der Waals surface area contributed by atoms with Gasteiger partial charge in [-0.3, -0.25) is 19.3 Å². The summed E-state index contributed by atoms with van der Waals surface area (Å²) in [5.74, 6) is -0.610. The number of carbonyl (C=O) groups is 3. The van der Waals surface area contributed by atoms with E-state index in [2.05, 4.69) is 17.5 Å². The van der Waals surface area contributed by atoms with Crippen LogP contribution in [0.3, 0.4) is 0 Å². The fourth-order valence-electron chi connectivity index (χ4n) is 4.18. The molecule has 1 aliphatic heterocycles. The summed E-state index contributed by atoms with van der Waals surface area (Å²) in [6.07, 6.45) is 6.61. The van der Waals surface area contributed by atoms with E-state index < -0.39 is 6.04 Å². The Balaban J connectivity index is 1.89. The van der Waals surface area contributed by atoms with Crippen LogP contribution in [0.15, 0.2) is 12.2 Å². The Bertz CT molecular complexity index is 482. The quantitative estimate of drug-likeness (QED) is 0.623. The number of nitrogens with one attached hydrogen (secondary N) is 1. The molecule has 1 N–H and O–H groups in total. The topological polar surface area (TPSA) is 66.5 Å². The van der Waals surface area contributed by atoms with E-state index in [0.29, 0.717) is 13.0 Å². The molecule has 3 amide bonds. The highest BCUT2D eigenvalue weighted by Gasteiger charge is 2.58. The minimum absolute atomic E-state index is 0.137. The van der Waals surface area contributed by atoms with Crippen molar-refractivity contribution in [2.45, 2.75) is 39.2 Å². The number of likely N-dealkylation sites (tertiary alicyclic amines) is 1. The molecule has 0 aromatic carbocycles. The number of carbonyl (C=O) groups excluding carboxylic acids is 3. The van der Waals surface area contributed by atoms with Crippen molar-refractivity contribution in [3.05, 3.63) is 12.2 Å². The summed E-state index contributed by atoms with van der Waals surface area (Å²) in [5.41, 5.74) is 0. The summed E-state index contributed by atoms with van der Waals surface area (Å²) in [7, 11) is 0. The first kappa shape index (κ1) is 14.3. The third-order valence-corrected chi connectivity index (χ3v) is 5.15. The van der Waals surface area contributed by atoms with Crippen LogP contribution in [0.2, 0.25) is 0 Å². The van der Waals surface area contributed by atoms with Crippen LogP contribution in [0, 0.1) is 23.7 Å². The van der Waals surface area contributed by atoms with Crippen molar-refractivity contribution in [1.29, 1.82) is 0 Å². The van der Waals surface area contributed by atoms with Gasteiger partial charge in [-0.1, -0.05) is 19.1 Å². The molecule has 0 aromatic heterocycles. The van der Waals surface area contributed by atoms with E-state index in [1.165, 1.54) is 4.90 Å². The average molecular weight is 290 g/mol. The number of imide groups is 1. The molecule has 21 heavy (non-hydrogen) atoms. The maximum absolute atomic E-state index is 12.7. The lowest BCUT2D eigenvalue weighted by molar-refractivity contribution is -0.148. The van der Waals surface area contributed by atoms with E-state index in [1.54, 1.807) is 0 Å². The van der Waals surface area contributed by atoms with Crippen molar-refractivity contribution in [2.24, 2.45) is 23.7 Å². The molecule has 2 fully saturated rings. The van der Waals surface area contributed by atoms with Gasteiger partial charge in [-0.15, -0.1) is 0 Å². The molecule has 1 saturated carbocycles. The standard InChI is InChI=1S/C16H22N2O3/c1-3-11(14(19)17-4-2)18-15(20)12-9-5-6-10(8-7-9)13(12)16(18)21/h5-6,9-13H,3-4,7-8H2,1-2H3,(H,17,19)/t9-,10-,11+,12-,13+/m0/s1. The molecule has 2 bridgehead atoms. The van der Waals surface area contributed by atoms with Crippen LogP contribution in [0.1, 0.15) is 33.1 Å². The first-order valence-corrected chi connectivity index (χ1v) is 7.93. The molecule has 0 spiro atoms. The number of rotatable bonds is 4. The second kappa shape index (κ2) is 5.28. The van der Waals surface area contributed by atoms with Crippen molar-refractivity contribution in [2.75, 3.05) is 6.54 Å². The summed E-state index contributed by atoms with van der Waals surface area (Å²) in [5, 5.41) is 2.73. The SMILES string of the molecule is CCNC(=O)[C@@H](CC)N1C(=O)[C@@H]2[C@H](C1=O)[C@H]1C=C[C@H]2CC1. The van der Waals surface area contributed by atoms with Crippen LogP contribution in [-0.4, -0.2) is 35.2 Å². The lowest BCUT2D eigenvalue weighted by Crippen LogP contribution is -2.49. The second-order valence-corrected chi connectivity index (χ2v) is 6.21. The molecule has 1 saturated heterocycles. The van der Waals surface area contributed by atoms with E-state index in [0.717, 1.165) is 12.8 Å². The molecule has 0 radical (unpaired) electrons. The van der Waals surface area contributed by atoms with Crippen molar-refractivity contribution >= 4 is 17.7 Å². The number of fused-ring (bicyclic) bond motifs is 1. The number of likely N-dealkylation sites (N-methyl/N-ethyl adjacent to an activating group) is 1. The number of nitrogens with zero attached hydrogens (tertiary/aromatic N) is 1. The van der Waals surface area contributed by atoms with Crippen molar-refractivity contribution in [3.8, 4) is 0 Å². The van der Waals surface area contributed by atoms with Gasteiger partial charge in [0.25, 0.3) is 0 Å². The Hall–Kier alpha value is -1.65. The molecule has 0 aromatic rings. The first-order chi connectivity index (χ1) is 10.1. The van der Waals surface area contributed by atoms with E-state index in [1.807, 2.05) is 13.8 Å². The Morgan fingerprint density at radius 3 is 2.10 bits per heavy atom. The highest BCUT2D eigenvalue weighted by atomic mass is 16.2. The van der Waals surface area contributed by atoms with Gasteiger partial charge in [0.1, 0.15) is 6.04 Å². The third-order valence-electron chi connectivity index (χ3n) is 5.15. The Morgan fingerprint density at radius 2 is 1.71 bits per heavy atom. The second-order valence-electron chi connectivity index (χ2n) is 6.21. The van der Waals surface area contributed by atoms with Gasteiger partial charge in [-0.25, -0.2) is 0 Å². The monoisotopic (exact) mass is 290 g/mol. The highest BCUT2D eigenvalue weighted by molar-refractivity contribution is 6.09. The number of hydrogen-bond acceptors (Lipinski definition) is 3. The highest BCUT2D eigenvalue weighted by Crippen LogP contribution is 2.50. The Labute approximate surface area is 124 Å². The molecule has 5 atom stereocenters. The fraction of sp³-hybridized carbons (Fsp3) is 0.688. The number of allylic oxidation sites excluding steroid dienone is 2. The zero-order valence-corrected chi connectivity index (χ0v) is 12.5. The maximum atomic E-state index is 12.7. The predicted octanol–water partition coefficient (Wildman–Crippen LogP) is 1.10. The summed E-state index contributed by atoms with van der Waals surface area (Å²) in [6.45, 7) is 4.18. The van der Waals surface area contributed by atoms with Gasteiger partial charge in [-0.2, -0.15) is 0 Å². The summed E-state index contributed by atoms with van der Waals surface area (Å²) in [6, 6.07) is -0.657. The van der Waals surface area contributed by atoms with Gasteiger partial charge < -0.3 is 5.32 Å². The molecule has 5 nitrogen and oxygen atoms in total. The van der Waals surface area contributed by atoms with Gasteiger partial charge in [0.15, 0.2) is 0 Å². The molecular formula is C16H22N2O3. The normalized spacial score (nSPS) is 35.0. The largest absolute Gasteiger partial charge is 0.355 e. The van der Waals surface area contributed by atoms with Crippen molar-refractivity contribution in [3.63, 3.8) is 0 Å². The average Bonchev–Trinajstić information content (AvgIpc) is 2.77. The van der Waals surface area contributed by atoms with Crippen LogP contribution in [0.5, 0.6) is 0 Å². The molecule has 5 heteroatoms. The molecule has 1 heterocycles. The van der Waals surface area contributed by atoms with Crippen LogP contribution >= 0.6 is 0 Å². The Morgan fingerprint density at radius 1 is 1.19 bits per heavy atom. The minimum Gasteiger partial charge on any atom is -0.355 e. The molecule has 3 aliphatic carbocycles. The van der Waals surface area contributed by atoms with E-state index in [-0.39, 0.29) is 41.4 Å². The lowest BCUT2D eigenvalue weighted by Gasteiger charge is -2.38. The third kappa shape index (κ3) is 2.01. The van der Waals surface area contributed by atoms with Crippen molar-refractivity contribution < 1.29 is 14.4 Å². The van der Waals surface area contributed by atoms with Crippen LogP contribution in [-0.2, 0) is 14.4 Å². The molecular weight excluding hydrogens is 268 g/mol. The van der Waals surface area contributed by atoms with Gasteiger partial charge in [0.05, 0.1) is 11.8 Å². The van der Waals surface area contributed by atoms with Crippen LogP contribution in [0.4, 0.5) is 0 Å². The molecule has 4 aliphatic rings. The van der Waals surface area contributed by atoms with Gasteiger partial charge >= 0.3 is 0 Å². The van der Waals surface area contributed by atoms with Gasteiger partial charge in [0, 0.05) is 6.54 Å². The summed E-state index contributed by atoms with van der Waals surface area (Å²) < 4.78 is 0.